The number of anilines is 1. The molecule has 0 aliphatic heterocycles. The minimum Gasteiger partial charge on any atom is -0.478 e. The van der Waals surface area contributed by atoms with E-state index in [0.29, 0.717) is 17.1 Å². The zero-order valence-corrected chi connectivity index (χ0v) is 8.35. The van der Waals surface area contributed by atoms with Crippen LogP contribution in [0.2, 0.25) is 0 Å². The number of hydrogen-bond donors (Lipinski definition) is 2. The van der Waals surface area contributed by atoms with Crippen LogP contribution in [0.15, 0.2) is 12.3 Å². The molecule has 6 nitrogen and oxygen atoms in total. The Labute approximate surface area is 85.6 Å². The van der Waals surface area contributed by atoms with Crippen molar-refractivity contribution in [1.29, 1.82) is 0 Å². The number of H-pyrrole nitrogens is 1. The van der Waals surface area contributed by atoms with E-state index in [-0.39, 0.29) is 5.56 Å². The molecule has 2 rings (SSSR count). The van der Waals surface area contributed by atoms with Gasteiger partial charge < -0.3 is 15.0 Å². The average molecular weight is 206 g/mol. The van der Waals surface area contributed by atoms with Gasteiger partial charge in [-0.3, -0.25) is 0 Å². The van der Waals surface area contributed by atoms with Gasteiger partial charge in [0, 0.05) is 20.3 Å². The number of aromatic nitrogens is 3. The summed E-state index contributed by atoms with van der Waals surface area (Å²) in [6.45, 7) is 0. The molecule has 0 aliphatic rings. The number of aromatic carboxylic acids is 1. The van der Waals surface area contributed by atoms with E-state index in [1.54, 1.807) is 4.90 Å². The van der Waals surface area contributed by atoms with Crippen LogP contribution in [0.5, 0.6) is 0 Å². The summed E-state index contributed by atoms with van der Waals surface area (Å²) in [5, 5.41) is 8.94. The smallest absolute Gasteiger partial charge is 0.338 e. The molecule has 78 valence electrons. The lowest BCUT2D eigenvalue weighted by Crippen LogP contribution is -2.10. The van der Waals surface area contributed by atoms with E-state index >= 15 is 0 Å². The van der Waals surface area contributed by atoms with Crippen LogP contribution < -0.4 is 4.90 Å². The number of carboxylic acid groups (broad SMARTS) is 1. The second kappa shape index (κ2) is 3.23. The van der Waals surface area contributed by atoms with Crippen LogP contribution in [-0.2, 0) is 0 Å². The molecule has 2 N–H and O–H groups in total. The Morgan fingerprint density at radius 1 is 1.53 bits per heavy atom. The van der Waals surface area contributed by atoms with E-state index in [9.17, 15) is 4.79 Å². The first kappa shape index (κ1) is 9.45. The average Bonchev–Trinajstić information content (AvgIpc) is 2.60. The molecule has 6 heteroatoms. The highest BCUT2D eigenvalue weighted by Crippen LogP contribution is 2.17. The maximum Gasteiger partial charge on any atom is 0.338 e. The van der Waals surface area contributed by atoms with E-state index in [2.05, 4.69) is 15.0 Å². The maximum atomic E-state index is 10.9. The largest absolute Gasteiger partial charge is 0.478 e. The lowest BCUT2D eigenvalue weighted by Gasteiger charge is -2.05. The molecule has 0 spiro atoms. The quantitative estimate of drug-likeness (QED) is 0.756. The third-order valence-corrected chi connectivity index (χ3v) is 2.03. The monoisotopic (exact) mass is 206 g/mol. The molecule has 0 unspecified atom stereocenters. The van der Waals surface area contributed by atoms with Crippen LogP contribution >= 0.6 is 0 Å². The molecule has 0 saturated heterocycles. The van der Waals surface area contributed by atoms with Crippen molar-refractivity contribution in [3.8, 4) is 0 Å². The minimum atomic E-state index is -0.989. The number of nitrogens with one attached hydrogen (secondary N) is 1. The molecule has 0 amide bonds. The van der Waals surface area contributed by atoms with Gasteiger partial charge in [0.25, 0.3) is 0 Å². The number of aromatic amines is 1. The summed E-state index contributed by atoms with van der Waals surface area (Å²) < 4.78 is 0. The Balaban J connectivity index is 2.70. The van der Waals surface area contributed by atoms with Gasteiger partial charge in [0.1, 0.15) is 5.52 Å². The Hall–Kier alpha value is -2.11. The van der Waals surface area contributed by atoms with Crippen LogP contribution in [0, 0.1) is 0 Å². The fraction of sp³-hybridized carbons (Fsp3) is 0.222. The zero-order valence-electron chi connectivity index (χ0n) is 8.35. The van der Waals surface area contributed by atoms with Gasteiger partial charge in [-0.05, 0) is 6.07 Å². The molecular formula is C9H10N4O2. The molecule has 0 radical (unpaired) electrons. The van der Waals surface area contributed by atoms with Crippen LogP contribution in [0.25, 0.3) is 11.2 Å². The standard InChI is InChI=1S/C9H10N4O2/c1-13(2)9-11-6-5(8(14)15)3-4-10-7(6)12-9/h3-4H,1-2H3,(H,14,15)(H,10,11,12). The van der Waals surface area contributed by atoms with Gasteiger partial charge in [0.15, 0.2) is 5.65 Å². The third-order valence-electron chi connectivity index (χ3n) is 2.03. The molecule has 0 aromatic carbocycles. The lowest BCUT2D eigenvalue weighted by atomic mass is 10.2. The SMILES string of the molecule is CN(C)c1nc2nccc(C(=O)O)c2[nH]1. The second-order valence-corrected chi connectivity index (χ2v) is 3.32. The van der Waals surface area contributed by atoms with Gasteiger partial charge in [-0.1, -0.05) is 0 Å². The van der Waals surface area contributed by atoms with Gasteiger partial charge in [-0.15, -0.1) is 0 Å². The molecule has 0 saturated carbocycles. The van der Waals surface area contributed by atoms with Crippen molar-refractivity contribution >= 4 is 23.1 Å². The molecule has 2 aromatic rings. The van der Waals surface area contributed by atoms with E-state index in [4.69, 9.17) is 5.11 Å². The summed E-state index contributed by atoms with van der Waals surface area (Å²) >= 11 is 0. The van der Waals surface area contributed by atoms with Gasteiger partial charge in [0.05, 0.1) is 5.56 Å². The second-order valence-electron chi connectivity index (χ2n) is 3.32. The minimum absolute atomic E-state index is 0.181. The van der Waals surface area contributed by atoms with Gasteiger partial charge >= 0.3 is 5.97 Å². The van der Waals surface area contributed by atoms with Crippen molar-refractivity contribution in [1.82, 2.24) is 15.0 Å². The van der Waals surface area contributed by atoms with E-state index in [1.165, 1.54) is 12.3 Å². The van der Waals surface area contributed by atoms with Crippen molar-refractivity contribution in [3.05, 3.63) is 17.8 Å². The first-order chi connectivity index (χ1) is 7.09. The van der Waals surface area contributed by atoms with Crippen molar-refractivity contribution in [2.45, 2.75) is 0 Å². The molecule has 0 fully saturated rings. The van der Waals surface area contributed by atoms with Crippen LogP contribution in [0.1, 0.15) is 10.4 Å². The van der Waals surface area contributed by atoms with E-state index in [0.717, 1.165) is 0 Å². The number of carbonyl (C=O) groups is 1. The highest BCUT2D eigenvalue weighted by molar-refractivity contribution is 6.00. The predicted molar refractivity (Wildman–Crippen MR) is 55.2 cm³/mol. The number of nitrogens with zero attached hydrogens (tertiary/aromatic N) is 3. The third kappa shape index (κ3) is 1.50. The molecule has 15 heavy (non-hydrogen) atoms. The molecule has 2 aromatic heterocycles. The first-order valence-corrected chi connectivity index (χ1v) is 4.35. The lowest BCUT2D eigenvalue weighted by molar-refractivity contribution is 0.0699. The number of fused-ring (bicyclic) bond motifs is 1. The summed E-state index contributed by atoms with van der Waals surface area (Å²) in [5.41, 5.74) is 1.05. The van der Waals surface area contributed by atoms with Gasteiger partial charge in [0.2, 0.25) is 5.95 Å². The highest BCUT2D eigenvalue weighted by atomic mass is 16.4. The molecule has 0 aliphatic carbocycles. The van der Waals surface area contributed by atoms with Gasteiger partial charge in [-0.2, -0.15) is 4.98 Å². The summed E-state index contributed by atoms with van der Waals surface area (Å²) in [6, 6.07) is 1.45. The number of hydrogen-bond acceptors (Lipinski definition) is 4. The topological polar surface area (TPSA) is 82.1 Å². The maximum absolute atomic E-state index is 10.9. The van der Waals surface area contributed by atoms with Crippen molar-refractivity contribution < 1.29 is 9.90 Å². The van der Waals surface area contributed by atoms with Crippen LogP contribution in [-0.4, -0.2) is 40.1 Å². The number of pyridine rings is 1. The van der Waals surface area contributed by atoms with Gasteiger partial charge in [-0.25, -0.2) is 9.78 Å². The zero-order chi connectivity index (χ0) is 11.0. The van der Waals surface area contributed by atoms with Crippen molar-refractivity contribution in [2.24, 2.45) is 0 Å². The fourth-order valence-corrected chi connectivity index (χ4v) is 1.29. The highest BCUT2D eigenvalue weighted by Gasteiger charge is 2.13. The Morgan fingerprint density at radius 3 is 2.87 bits per heavy atom. The number of imidazole rings is 1. The van der Waals surface area contributed by atoms with Crippen molar-refractivity contribution in [2.75, 3.05) is 19.0 Å². The summed E-state index contributed by atoms with van der Waals surface area (Å²) in [4.78, 5) is 23.7. The molecule has 0 bridgehead atoms. The predicted octanol–water partition coefficient (Wildman–Crippen LogP) is 0.722. The van der Waals surface area contributed by atoms with E-state index < -0.39 is 5.97 Å². The summed E-state index contributed by atoms with van der Waals surface area (Å²) in [5.74, 6) is -0.400. The first-order valence-electron chi connectivity index (χ1n) is 4.35. The number of rotatable bonds is 2. The normalized spacial score (nSPS) is 10.5. The molecule has 2 heterocycles. The summed E-state index contributed by atoms with van der Waals surface area (Å²) in [6.07, 6.45) is 1.44. The summed E-state index contributed by atoms with van der Waals surface area (Å²) in [7, 11) is 3.64. The fourth-order valence-electron chi connectivity index (χ4n) is 1.29. The van der Waals surface area contributed by atoms with E-state index in [1.807, 2.05) is 14.1 Å². The van der Waals surface area contributed by atoms with Crippen LogP contribution in [0.3, 0.4) is 0 Å². The molecule has 0 atom stereocenters. The Bertz CT molecular complexity index is 518. The van der Waals surface area contributed by atoms with Crippen molar-refractivity contribution in [3.63, 3.8) is 0 Å². The Morgan fingerprint density at radius 2 is 2.27 bits per heavy atom. The Kier molecular flexibility index (Phi) is 2.03. The number of carboxylic acids is 1. The molecular weight excluding hydrogens is 196 g/mol. The van der Waals surface area contributed by atoms with Crippen LogP contribution in [0.4, 0.5) is 5.95 Å².